The van der Waals surface area contributed by atoms with E-state index in [2.05, 4.69) is 20.7 Å². The first-order valence-corrected chi connectivity index (χ1v) is 10.5. The van der Waals surface area contributed by atoms with Crippen molar-refractivity contribution in [2.24, 2.45) is 0 Å². The number of fused-ring (bicyclic) bond motifs is 1. The Morgan fingerprint density at radius 2 is 1.97 bits per heavy atom. The molecule has 0 atom stereocenters. The number of rotatable bonds is 6. The number of hydrogen-bond donors (Lipinski definition) is 2. The lowest BCUT2D eigenvalue weighted by Crippen LogP contribution is -2.36. The maximum Gasteiger partial charge on any atom is 0.313 e. The fourth-order valence-electron chi connectivity index (χ4n) is 3.11. The van der Waals surface area contributed by atoms with Crippen molar-refractivity contribution in [3.63, 3.8) is 0 Å². The fourth-order valence-corrected chi connectivity index (χ4v) is 3.96. The van der Waals surface area contributed by atoms with Gasteiger partial charge in [0.15, 0.2) is 5.82 Å². The van der Waals surface area contributed by atoms with Crippen molar-refractivity contribution in [1.29, 1.82) is 0 Å². The van der Waals surface area contributed by atoms with Crippen LogP contribution in [-0.4, -0.2) is 37.9 Å². The smallest absolute Gasteiger partial charge is 0.313 e. The fraction of sp³-hybridized carbons (Fsp3) is 0.143. The normalized spacial score (nSPS) is 10.8. The molecule has 32 heavy (non-hydrogen) atoms. The van der Waals surface area contributed by atoms with E-state index < -0.39 is 16.7 Å². The molecular formula is C21H18N6O4S. The second-order valence-electron chi connectivity index (χ2n) is 6.96. The first-order valence-electron chi connectivity index (χ1n) is 9.65. The molecule has 10 nitrogen and oxygen atoms in total. The van der Waals surface area contributed by atoms with Crippen molar-refractivity contribution in [3.05, 3.63) is 75.3 Å². The lowest BCUT2D eigenvalue weighted by Gasteiger charge is -2.06. The van der Waals surface area contributed by atoms with Gasteiger partial charge in [-0.2, -0.15) is 4.98 Å². The molecule has 162 valence electrons. The Morgan fingerprint density at radius 1 is 1.16 bits per heavy atom. The first kappa shape index (κ1) is 21.1. The number of para-hydroxylation sites is 2. The van der Waals surface area contributed by atoms with Gasteiger partial charge in [-0.05, 0) is 19.1 Å². The van der Waals surface area contributed by atoms with Gasteiger partial charge in [-0.1, -0.05) is 35.9 Å². The minimum Gasteiger partial charge on any atom is -0.347 e. The predicted molar refractivity (Wildman–Crippen MR) is 119 cm³/mol. The molecular weight excluding hydrogens is 432 g/mol. The van der Waals surface area contributed by atoms with Gasteiger partial charge < -0.3 is 10.6 Å². The van der Waals surface area contributed by atoms with Crippen LogP contribution in [0.3, 0.4) is 0 Å². The van der Waals surface area contributed by atoms with Crippen molar-refractivity contribution < 1.29 is 14.5 Å². The Morgan fingerprint density at radius 3 is 2.75 bits per heavy atom. The Labute approximate surface area is 186 Å². The summed E-state index contributed by atoms with van der Waals surface area (Å²) in [6.07, 6.45) is 0.432. The van der Waals surface area contributed by atoms with Gasteiger partial charge in [0.25, 0.3) is 5.69 Å². The summed E-state index contributed by atoms with van der Waals surface area (Å²) in [7, 11) is 0. The topological polar surface area (TPSA) is 132 Å². The highest BCUT2D eigenvalue weighted by Gasteiger charge is 2.19. The molecule has 0 unspecified atom stereocenters. The third kappa shape index (κ3) is 4.47. The second-order valence-corrected chi connectivity index (χ2v) is 7.80. The van der Waals surface area contributed by atoms with E-state index in [1.807, 2.05) is 36.6 Å². The van der Waals surface area contributed by atoms with Crippen LogP contribution in [0, 0.1) is 17.0 Å². The summed E-state index contributed by atoms with van der Waals surface area (Å²) in [6, 6.07) is 13.5. The number of nitrogens with one attached hydrogen (secondary N) is 2. The summed E-state index contributed by atoms with van der Waals surface area (Å²) < 4.78 is 1.72. The van der Waals surface area contributed by atoms with Crippen LogP contribution in [0.2, 0.25) is 0 Å². The molecule has 0 aliphatic carbocycles. The molecule has 0 saturated heterocycles. The lowest BCUT2D eigenvalue weighted by atomic mass is 10.1. The molecule has 0 aliphatic rings. The number of anilines is 1. The van der Waals surface area contributed by atoms with E-state index in [-0.39, 0.29) is 17.9 Å². The van der Waals surface area contributed by atoms with Crippen LogP contribution in [0.15, 0.2) is 53.9 Å². The quantitative estimate of drug-likeness (QED) is 0.264. The number of carbonyl (C=O) groups excluding carboxylic acids is 2. The summed E-state index contributed by atoms with van der Waals surface area (Å²) in [5.41, 5.74) is 2.55. The number of aryl methyl sites for hydroxylation is 1. The Hall–Kier alpha value is -4.12. The van der Waals surface area contributed by atoms with Gasteiger partial charge in [-0.3, -0.25) is 19.7 Å². The zero-order chi connectivity index (χ0) is 22.7. The van der Waals surface area contributed by atoms with Gasteiger partial charge in [0.05, 0.1) is 10.6 Å². The van der Waals surface area contributed by atoms with Crippen LogP contribution in [0.25, 0.3) is 16.3 Å². The highest BCUT2D eigenvalue weighted by atomic mass is 32.1. The minimum atomic E-state index is -0.975. The molecule has 0 saturated carbocycles. The average Bonchev–Trinajstić information content (AvgIpc) is 3.35. The van der Waals surface area contributed by atoms with Crippen molar-refractivity contribution >= 4 is 39.5 Å². The number of thiazole rings is 1. The van der Waals surface area contributed by atoms with Crippen LogP contribution in [0.1, 0.15) is 11.3 Å². The summed E-state index contributed by atoms with van der Waals surface area (Å²) in [5, 5.41) is 22.3. The molecule has 4 rings (SSSR count). The number of nitro benzene ring substituents is 1. The molecule has 0 radical (unpaired) electrons. The van der Waals surface area contributed by atoms with E-state index in [0.717, 1.165) is 21.8 Å². The van der Waals surface area contributed by atoms with Gasteiger partial charge in [-0.25, -0.2) is 4.52 Å². The molecule has 2 aromatic carbocycles. The maximum absolute atomic E-state index is 12.1. The van der Waals surface area contributed by atoms with Gasteiger partial charge >= 0.3 is 11.8 Å². The summed E-state index contributed by atoms with van der Waals surface area (Å²) in [5.74, 6) is -1.24. The van der Waals surface area contributed by atoms with E-state index in [4.69, 9.17) is 0 Å². The molecule has 0 fully saturated rings. The molecule has 2 aromatic heterocycles. The number of carbonyl (C=O) groups is 2. The number of nitro groups is 1. The monoisotopic (exact) mass is 450 g/mol. The summed E-state index contributed by atoms with van der Waals surface area (Å²) in [6.45, 7) is 2.19. The Kier molecular flexibility index (Phi) is 5.90. The Balaban J connectivity index is 1.37. The van der Waals surface area contributed by atoms with E-state index in [0.29, 0.717) is 12.2 Å². The van der Waals surface area contributed by atoms with Crippen LogP contribution in [-0.2, 0) is 16.0 Å². The standard InChI is InChI=1S/C21H18N6O4S/c1-13-5-4-6-14(11-13)18-24-21-26(25-18)15(12-32-21)9-10-22-19(28)20(29)23-16-7-2-3-8-17(16)27(30)31/h2-8,11-12H,9-10H2,1H3,(H,22,28)(H,23,29). The van der Waals surface area contributed by atoms with E-state index in [1.165, 1.54) is 35.6 Å². The van der Waals surface area contributed by atoms with E-state index >= 15 is 0 Å². The lowest BCUT2D eigenvalue weighted by molar-refractivity contribution is -0.383. The van der Waals surface area contributed by atoms with Crippen LogP contribution in [0.5, 0.6) is 0 Å². The molecule has 2 heterocycles. The zero-order valence-electron chi connectivity index (χ0n) is 16.9. The number of nitrogens with zero attached hydrogens (tertiary/aromatic N) is 4. The molecule has 0 aliphatic heterocycles. The van der Waals surface area contributed by atoms with E-state index in [9.17, 15) is 19.7 Å². The van der Waals surface area contributed by atoms with Crippen molar-refractivity contribution in [1.82, 2.24) is 19.9 Å². The molecule has 2 amide bonds. The minimum absolute atomic E-state index is 0.0384. The third-order valence-electron chi connectivity index (χ3n) is 4.65. The maximum atomic E-state index is 12.1. The molecule has 2 N–H and O–H groups in total. The number of benzene rings is 2. The third-order valence-corrected chi connectivity index (χ3v) is 5.51. The van der Waals surface area contributed by atoms with Gasteiger partial charge in [-0.15, -0.1) is 16.4 Å². The zero-order valence-corrected chi connectivity index (χ0v) is 17.8. The van der Waals surface area contributed by atoms with Crippen LogP contribution in [0.4, 0.5) is 11.4 Å². The van der Waals surface area contributed by atoms with Crippen LogP contribution >= 0.6 is 11.3 Å². The van der Waals surface area contributed by atoms with Gasteiger partial charge in [0.2, 0.25) is 4.96 Å². The second kappa shape index (κ2) is 8.94. The summed E-state index contributed by atoms with van der Waals surface area (Å²) >= 11 is 1.44. The van der Waals surface area contributed by atoms with Gasteiger partial charge in [0.1, 0.15) is 5.69 Å². The largest absolute Gasteiger partial charge is 0.347 e. The Bertz CT molecular complexity index is 1330. The highest BCUT2D eigenvalue weighted by Crippen LogP contribution is 2.23. The van der Waals surface area contributed by atoms with Crippen molar-refractivity contribution in [3.8, 4) is 11.4 Å². The van der Waals surface area contributed by atoms with Crippen molar-refractivity contribution in [2.45, 2.75) is 13.3 Å². The first-order chi connectivity index (χ1) is 15.4. The summed E-state index contributed by atoms with van der Waals surface area (Å²) in [4.78, 5) is 39.9. The number of hydrogen-bond acceptors (Lipinski definition) is 7. The van der Waals surface area contributed by atoms with Gasteiger partial charge in [0, 0.05) is 30.0 Å². The molecule has 4 aromatic rings. The highest BCUT2D eigenvalue weighted by molar-refractivity contribution is 7.15. The van der Waals surface area contributed by atoms with Crippen LogP contribution < -0.4 is 10.6 Å². The molecule has 0 spiro atoms. The van der Waals surface area contributed by atoms with Crippen molar-refractivity contribution in [2.75, 3.05) is 11.9 Å². The average molecular weight is 450 g/mol. The molecule has 11 heteroatoms. The predicted octanol–water partition coefficient (Wildman–Crippen LogP) is 2.97. The number of aromatic nitrogens is 3. The number of amides is 2. The SMILES string of the molecule is Cc1cccc(-c2nc3scc(CCNC(=O)C(=O)Nc4ccccc4[N+](=O)[O-])n3n2)c1. The van der Waals surface area contributed by atoms with E-state index in [1.54, 1.807) is 4.52 Å². The molecule has 0 bridgehead atoms.